The SMILES string of the molecule is N#CCc1ccc(NC(=O)NC2CCC(CO)CC2)cc1. The average Bonchev–Trinajstić information content (AvgIpc) is 2.50. The topological polar surface area (TPSA) is 85.2 Å². The van der Waals surface area contributed by atoms with Crippen molar-refractivity contribution in [2.45, 2.75) is 38.1 Å². The molecule has 2 rings (SSSR count). The van der Waals surface area contributed by atoms with E-state index >= 15 is 0 Å². The molecule has 2 amide bonds. The molecule has 0 aliphatic heterocycles. The van der Waals surface area contributed by atoms with E-state index in [0.717, 1.165) is 36.9 Å². The summed E-state index contributed by atoms with van der Waals surface area (Å²) >= 11 is 0. The van der Waals surface area contributed by atoms with Crippen molar-refractivity contribution in [2.75, 3.05) is 11.9 Å². The molecule has 1 aliphatic carbocycles. The zero-order chi connectivity index (χ0) is 15.1. The van der Waals surface area contributed by atoms with Gasteiger partial charge in [0.25, 0.3) is 0 Å². The average molecular weight is 287 g/mol. The Morgan fingerprint density at radius 2 is 1.90 bits per heavy atom. The summed E-state index contributed by atoms with van der Waals surface area (Å²) in [6.45, 7) is 0.244. The minimum absolute atomic E-state index is 0.186. The summed E-state index contributed by atoms with van der Waals surface area (Å²) in [5, 5.41) is 23.5. The molecule has 5 nitrogen and oxygen atoms in total. The molecule has 1 fully saturated rings. The predicted molar refractivity (Wildman–Crippen MR) is 80.7 cm³/mol. The Bertz CT molecular complexity index is 499. The lowest BCUT2D eigenvalue weighted by Gasteiger charge is -2.27. The molecule has 1 saturated carbocycles. The van der Waals surface area contributed by atoms with E-state index in [1.807, 2.05) is 12.1 Å². The number of nitriles is 1. The van der Waals surface area contributed by atoms with Crippen molar-refractivity contribution in [2.24, 2.45) is 5.92 Å². The highest BCUT2D eigenvalue weighted by atomic mass is 16.3. The van der Waals surface area contributed by atoms with Crippen LogP contribution in [0.4, 0.5) is 10.5 Å². The minimum Gasteiger partial charge on any atom is -0.396 e. The Morgan fingerprint density at radius 1 is 1.24 bits per heavy atom. The quantitative estimate of drug-likeness (QED) is 0.795. The molecule has 0 spiro atoms. The van der Waals surface area contributed by atoms with Gasteiger partial charge in [-0.1, -0.05) is 12.1 Å². The molecule has 0 bridgehead atoms. The summed E-state index contributed by atoms with van der Waals surface area (Å²) in [7, 11) is 0. The first-order chi connectivity index (χ1) is 10.2. The highest BCUT2D eigenvalue weighted by Crippen LogP contribution is 2.23. The third kappa shape index (κ3) is 4.76. The number of nitrogens with one attached hydrogen (secondary N) is 2. The second-order valence-corrected chi connectivity index (χ2v) is 5.53. The lowest BCUT2D eigenvalue weighted by molar-refractivity contribution is 0.176. The molecule has 1 aliphatic rings. The van der Waals surface area contributed by atoms with Crippen molar-refractivity contribution < 1.29 is 9.90 Å². The second-order valence-electron chi connectivity index (χ2n) is 5.53. The maximum Gasteiger partial charge on any atom is 0.319 e. The minimum atomic E-state index is -0.199. The van der Waals surface area contributed by atoms with Crippen molar-refractivity contribution in [3.63, 3.8) is 0 Å². The number of amides is 2. The molecule has 112 valence electrons. The number of urea groups is 1. The van der Waals surface area contributed by atoms with E-state index in [9.17, 15) is 4.79 Å². The molecule has 0 atom stereocenters. The smallest absolute Gasteiger partial charge is 0.319 e. The third-order valence-electron chi connectivity index (χ3n) is 3.94. The van der Waals surface area contributed by atoms with Crippen LogP contribution in [-0.2, 0) is 6.42 Å². The van der Waals surface area contributed by atoms with E-state index in [1.165, 1.54) is 0 Å². The van der Waals surface area contributed by atoms with E-state index in [2.05, 4.69) is 16.7 Å². The molecule has 3 N–H and O–H groups in total. The molecule has 0 saturated heterocycles. The van der Waals surface area contributed by atoms with Gasteiger partial charge >= 0.3 is 6.03 Å². The fraction of sp³-hybridized carbons (Fsp3) is 0.500. The number of carbonyl (C=O) groups is 1. The lowest BCUT2D eigenvalue weighted by Crippen LogP contribution is -2.40. The first kappa shape index (κ1) is 15.3. The van der Waals surface area contributed by atoms with Gasteiger partial charge < -0.3 is 15.7 Å². The van der Waals surface area contributed by atoms with Gasteiger partial charge in [0, 0.05) is 18.3 Å². The Hall–Kier alpha value is -2.06. The Morgan fingerprint density at radius 3 is 2.48 bits per heavy atom. The number of aliphatic hydroxyl groups excluding tert-OH is 1. The van der Waals surface area contributed by atoms with Crippen LogP contribution in [-0.4, -0.2) is 23.8 Å². The summed E-state index contributed by atoms with van der Waals surface area (Å²) < 4.78 is 0. The summed E-state index contributed by atoms with van der Waals surface area (Å²) in [5.74, 6) is 0.388. The maximum atomic E-state index is 11.9. The van der Waals surface area contributed by atoms with Gasteiger partial charge in [-0.15, -0.1) is 0 Å². The molecule has 0 heterocycles. The van der Waals surface area contributed by atoms with Gasteiger partial charge in [-0.2, -0.15) is 5.26 Å². The molecule has 0 aromatic heterocycles. The molecule has 1 aromatic carbocycles. The van der Waals surface area contributed by atoms with Gasteiger partial charge in [-0.05, 0) is 49.3 Å². The number of aliphatic hydroxyl groups is 1. The van der Waals surface area contributed by atoms with Crippen LogP contribution in [0.3, 0.4) is 0 Å². The first-order valence-electron chi connectivity index (χ1n) is 7.35. The van der Waals surface area contributed by atoms with Crippen LogP contribution < -0.4 is 10.6 Å². The number of carbonyl (C=O) groups excluding carboxylic acids is 1. The van der Waals surface area contributed by atoms with Crippen molar-refractivity contribution >= 4 is 11.7 Å². The van der Waals surface area contributed by atoms with Crippen LogP contribution >= 0.6 is 0 Å². The normalized spacial score (nSPS) is 21.3. The van der Waals surface area contributed by atoms with Crippen molar-refractivity contribution in [3.8, 4) is 6.07 Å². The van der Waals surface area contributed by atoms with Crippen LogP contribution in [0.2, 0.25) is 0 Å². The number of nitrogens with zero attached hydrogens (tertiary/aromatic N) is 1. The van der Waals surface area contributed by atoms with E-state index in [-0.39, 0.29) is 18.7 Å². The Balaban J connectivity index is 1.78. The zero-order valence-corrected chi connectivity index (χ0v) is 12.0. The highest BCUT2D eigenvalue weighted by Gasteiger charge is 2.21. The monoisotopic (exact) mass is 287 g/mol. The van der Waals surface area contributed by atoms with Gasteiger partial charge in [-0.25, -0.2) is 4.79 Å². The van der Waals surface area contributed by atoms with E-state index in [4.69, 9.17) is 10.4 Å². The maximum absolute atomic E-state index is 11.9. The number of hydrogen-bond acceptors (Lipinski definition) is 3. The van der Waals surface area contributed by atoms with Crippen LogP contribution in [0.25, 0.3) is 0 Å². The van der Waals surface area contributed by atoms with Crippen molar-refractivity contribution in [1.82, 2.24) is 5.32 Å². The van der Waals surface area contributed by atoms with Gasteiger partial charge in [0.2, 0.25) is 0 Å². The lowest BCUT2D eigenvalue weighted by atomic mass is 9.87. The summed E-state index contributed by atoms with van der Waals surface area (Å²) in [5.41, 5.74) is 1.66. The van der Waals surface area contributed by atoms with Gasteiger partial charge in [-0.3, -0.25) is 0 Å². The fourth-order valence-electron chi connectivity index (χ4n) is 2.64. The van der Waals surface area contributed by atoms with Crippen LogP contribution in [0.15, 0.2) is 24.3 Å². The Kier molecular flexibility index (Phi) is 5.59. The number of hydrogen-bond donors (Lipinski definition) is 3. The molecule has 21 heavy (non-hydrogen) atoms. The largest absolute Gasteiger partial charge is 0.396 e. The predicted octanol–water partition coefficient (Wildman–Crippen LogP) is 2.43. The highest BCUT2D eigenvalue weighted by molar-refractivity contribution is 5.89. The summed E-state index contributed by atoms with van der Waals surface area (Å²) in [6.07, 6.45) is 4.13. The van der Waals surface area contributed by atoms with Crippen molar-refractivity contribution in [1.29, 1.82) is 5.26 Å². The van der Waals surface area contributed by atoms with E-state index in [1.54, 1.807) is 12.1 Å². The number of anilines is 1. The van der Waals surface area contributed by atoms with Crippen LogP contribution in [0, 0.1) is 17.2 Å². The van der Waals surface area contributed by atoms with E-state index in [0.29, 0.717) is 12.3 Å². The van der Waals surface area contributed by atoms with Gasteiger partial charge in [0.1, 0.15) is 0 Å². The van der Waals surface area contributed by atoms with Gasteiger partial charge in [0.05, 0.1) is 12.5 Å². The third-order valence-corrected chi connectivity index (χ3v) is 3.94. The molecular weight excluding hydrogens is 266 g/mol. The van der Waals surface area contributed by atoms with Crippen LogP contribution in [0.1, 0.15) is 31.2 Å². The second kappa shape index (κ2) is 7.65. The summed E-state index contributed by atoms with van der Waals surface area (Å²) in [4.78, 5) is 11.9. The van der Waals surface area contributed by atoms with E-state index < -0.39 is 0 Å². The fourth-order valence-corrected chi connectivity index (χ4v) is 2.64. The zero-order valence-electron chi connectivity index (χ0n) is 12.0. The molecule has 0 radical (unpaired) electrons. The number of rotatable bonds is 4. The molecule has 5 heteroatoms. The Labute approximate surface area is 125 Å². The van der Waals surface area contributed by atoms with Crippen molar-refractivity contribution in [3.05, 3.63) is 29.8 Å². The first-order valence-corrected chi connectivity index (χ1v) is 7.35. The summed E-state index contributed by atoms with van der Waals surface area (Å²) in [6, 6.07) is 9.35. The van der Waals surface area contributed by atoms with Gasteiger partial charge in [0.15, 0.2) is 0 Å². The van der Waals surface area contributed by atoms with Crippen LogP contribution in [0.5, 0.6) is 0 Å². The molecule has 0 unspecified atom stereocenters. The standard InChI is InChI=1S/C16H21N3O2/c17-10-9-12-1-5-14(6-2-12)18-16(21)19-15-7-3-13(11-20)4-8-15/h1-2,5-6,13,15,20H,3-4,7-9,11H2,(H2,18,19,21). The molecule has 1 aromatic rings. The molecular formula is C16H21N3O2. The number of benzene rings is 1.